The first-order valence-electron chi connectivity index (χ1n) is 11.2. The average molecular weight is 510 g/mol. The third-order valence-corrected chi connectivity index (χ3v) is 6.38. The number of ketones is 1. The van der Waals surface area contributed by atoms with Crippen LogP contribution in [0.1, 0.15) is 33.2 Å². The summed E-state index contributed by atoms with van der Waals surface area (Å²) in [5, 5.41) is 0.639. The number of hydrogen-bond donors (Lipinski definition) is 0. The standard InChI is InChI=1S/C27H27N3O3S.ClH/c1-4-33-22-14-15-23-24(18-22)34-27(28-23)30(17-16-29(2)3)26(32)21-12-10-20(11-13-21)25(31)19-8-6-5-7-9-19;/h5-15,18H,4,16-17H2,1-3H3;1H. The second-order valence-electron chi connectivity index (χ2n) is 8.09. The monoisotopic (exact) mass is 509 g/mol. The first-order chi connectivity index (χ1) is 16.5. The maximum atomic E-state index is 13.5. The summed E-state index contributed by atoms with van der Waals surface area (Å²) >= 11 is 1.47. The highest BCUT2D eigenvalue weighted by Gasteiger charge is 2.22. The van der Waals surface area contributed by atoms with E-state index in [2.05, 4.69) is 0 Å². The van der Waals surface area contributed by atoms with Gasteiger partial charge in [-0.05, 0) is 51.4 Å². The van der Waals surface area contributed by atoms with E-state index in [-0.39, 0.29) is 24.1 Å². The summed E-state index contributed by atoms with van der Waals surface area (Å²) in [4.78, 5) is 34.7. The zero-order chi connectivity index (χ0) is 24.1. The van der Waals surface area contributed by atoms with E-state index in [4.69, 9.17) is 9.72 Å². The van der Waals surface area contributed by atoms with E-state index < -0.39 is 0 Å². The van der Waals surface area contributed by atoms with Gasteiger partial charge in [0.25, 0.3) is 5.91 Å². The Morgan fingerprint density at radius 1 is 0.886 bits per heavy atom. The first kappa shape index (κ1) is 26.3. The van der Waals surface area contributed by atoms with Crippen LogP contribution in [-0.4, -0.2) is 55.4 Å². The third-order valence-electron chi connectivity index (χ3n) is 5.34. The largest absolute Gasteiger partial charge is 0.494 e. The van der Waals surface area contributed by atoms with Crippen LogP contribution in [0.5, 0.6) is 5.75 Å². The lowest BCUT2D eigenvalue weighted by Gasteiger charge is -2.22. The van der Waals surface area contributed by atoms with Crippen molar-refractivity contribution in [1.29, 1.82) is 0 Å². The van der Waals surface area contributed by atoms with Crippen LogP contribution in [0.2, 0.25) is 0 Å². The third kappa shape index (κ3) is 6.25. The molecule has 0 unspecified atom stereocenters. The van der Waals surface area contributed by atoms with Gasteiger partial charge in [0.1, 0.15) is 5.75 Å². The highest BCUT2D eigenvalue weighted by Crippen LogP contribution is 2.32. The van der Waals surface area contributed by atoms with E-state index in [0.717, 1.165) is 16.0 Å². The number of ether oxygens (including phenoxy) is 1. The lowest BCUT2D eigenvalue weighted by atomic mass is 10.0. The van der Waals surface area contributed by atoms with Crippen molar-refractivity contribution in [1.82, 2.24) is 9.88 Å². The molecule has 0 saturated heterocycles. The second-order valence-corrected chi connectivity index (χ2v) is 9.10. The van der Waals surface area contributed by atoms with Crippen molar-refractivity contribution in [2.75, 3.05) is 38.7 Å². The maximum Gasteiger partial charge on any atom is 0.260 e. The molecule has 3 aromatic carbocycles. The molecule has 1 aromatic heterocycles. The van der Waals surface area contributed by atoms with Crippen molar-refractivity contribution in [2.24, 2.45) is 0 Å². The van der Waals surface area contributed by atoms with E-state index in [0.29, 0.717) is 41.5 Å². The van der Waals surface area contributed by atoms with Crippen molar-refractivity contribution in [2.45, 2.75) is 6.92 Å². The summed E-state index contributed by atoms with van der Waals surface area (Å²) in [6, 6.07) is 21.7. The molecule has 1 heterocycles. The number of thiazole rings is 1. The van der Waals surface area contributed by atoms with E-state index in [1.807, 2.05) is 62.3 Å². The van der Waals surface area contributed by atoms with Crippen molar-refractivity contribution in [3.05, 3.63) is 89.5 Å². The molecule has 0 aliphatic carbocycles. The van der Waals surface area contributed by atoms with Gasteiger partial charge in [-0.25, -0.2) is 4.98 Å². The number of carbonyl (C=O) groups excluding carboxylic acids is 2. The summed E-state index contributed by atoms with van der Waals surface area (Å²) in [6.07, 6.45) is 0. The van der Waals surface area contributed by atoms with Crippen LogP contribution >= 0.6 is 23.7 Å². The number of carbonyl (C=O) groups is 2. The summed E-state index contributed by atoms with van der Waals surface area (Å²) in [5.74, 6) is 0.569. The molecule has 0 radical (unpaired) electrons. The van der Waals surface area contributed by atoms with Crippen molar-refractivity contribution in [3.8, 4) is 5.75 Å². The molecule has 0 N–H and O–H groups in total. The van der Waals surface area contributed by atoms with Gasteiger partial charge in [-0.3, -0.25) is 14.5 Å². The van der Waals surface area contributed by atoms with Crippen molar-refractivity contribution in [3.63, 3.8) is 0 Å². The molecule has 0 fully saturated rings. The van der Waals surface area contributed by atoms with E-state index >= 15 is 0 Å². The second kappa shape index (κ2) is 11.9. The first-order valence-corrected chi connectivity index (χ1v) is 12.0. The summed E-state index contributed by atoms with van der Waals surface area (Å²) < 4.78 is 6.57. The molecular formula is C27H28ClN3O3S. The topological polar surface area (TPSA) is 62.7 Å². The van der Waals surface area contributed by atoms with Crippen molar-refractivity contribution >= 4 is 50.8 Å². The minimum absolute atomic E-state index is 0. The highest BCUT2D eigenvalue weighted by atomic mass is 35.5. The van der Waals surface area contributed by atoms with Gasteiger partial charge in [0.2, 0.25) is 0 Å². The van der Waals surface area contributed by atoms with Crippen LogP contribution in [-0.2, 0) is 0 Å². The Kier molecular flexibility index (Phi) is 8.98. The molecule has 0 saturated carbocycles. The Bertz CT molecular complexity index is 1290. The van der Waals surface area contributed by atoms with Gasteiger partial charge in [-0.15, -0.1) is 12.4 Å². The molecule has 0 bridgehead atoms. The zero-order valence-corrected chi connectivity index (χ0v) is 21.6. The lowest BCUT2D eigenvalue weighted by molar-refractivity contribution is 0.0982. The van der Waals surface area contributed by atoms with Crippen LogP contribution in [0.4, 0.5) is 5.13 Å². The molecule has 4 aromatic rings. The predicted molar refractivity (Wildman–Crippen MR) is 145 cm³/mol. The summed E-state index contributed by atoms with van der Waals surface area (Å²) in [6.45, 7) is 3.72. The SMILES string of the molecule is CCOc1ccc2nc(N(CCN(C)C)C(=O)c3ccc(C(=O)c4ccccc4)cc3)sc2c1.Cl. The maximum absolute atomic E-state index is 13.5. The molecule has 0 aliphatic rings. The molecule has 1 amide bonds. The van der Waals surface area contributed by atoms with Crippen LogP contribution < -0.4 is 9.64 Å². The number of aromatic nitrogens is 1. The molecule has 6 nitrogen and oxygen atoms in total. The summed E-state index contributed by atoms with van der Waals surface area (Å²) in [7, 11) is 3.94. The molecule has 0 atom stereocenters. The van der Waals surface area contributed by atoms with Gasteiger partial charge in [-0.2, -0.15) is 0 Å². The van der Waals surface area contributed by atoms with Crippen molar-refractivity contribution < 1.29 is 14.3 Å². The Balaban J connectivity index is 0.00000342. The molecule has 8 heteroatoms. The number of anilines is 1. The number of nitrogens with zero attached hydrogens (tertiary/aromatic N) is 3. The van der Waals surface area contributed by atoms with E-state index in [9.17, 15) is 9.59 Å². The number of amides is 1. The smallest absolute Gasteiger partial charge is 0.260 e. The summed E-state index contributed by atoms with van der Waals surface area (Å²) in [5.41, 5.74) is 2.51. The molecule has 182 valence electrons. The lowest BCUT2D eigenvalue weighted by Crippen LogP contribution is -2.36. The minimum atomic E-state index is -0.148. The van der Waals surface area contributed by atoms with Crippen LogP contribution in [0.15, 0.2) is 72.8 Å². The van der Waals surface area contributed by atoms with E-state index in [1.54, 1.807) is 41.3 Å². The number of halogens is 1. The number of benzene rings is 3. The van der Waals surface area contributed by atoms with E-state index in [1.165, 1.54) is 11.3 Å². The quantitative estimate of drug-likeness (QED) is 0.276. The van der Waals surface area contributed by atoms with Crippen LogP contribution in [0.3, 0.4) is 0 Å². The fourth-order valence-electron chi connectivity index (χ4n) is 3.52. The Morgan fingerprint density at radius 2 is 1.54 bits per heavy atom. The Morgan fingerprint density at radius 3 is 2.20 bits per heavy atom. The molecular weight excluding hydrogens is 482 g/mol. The zero-order valence-electron chi connectivity index (χ0n) is 19.9. The molecule has 0 spiro atoms. The fourth-order valence-corrected chi connectivity index (χ4v) is 4.54. The fraction of sp³-hybridized carbons (Fsp3) is 0.222. The number of likely N-dealkylation sites (N-methyl/N-ethyl adjacent to an activating group) is 1. The molecule has 35 heavy (non-hydrogen) atoms. The number of hydrogen-bond acceptors (Lipinski definition) is 6. The molecule has 4 rings (SSSR count). The molecule has 0 aliphatic heterocycles. The van der Waals surface area contributed by atoms with Gasteiger partial charge >= 0.3 is 0 Å². The van der Waals surface area contributed by atoms with Crippen LogP contribution in [0.25, 0.3) is 10.2 Å². The predicted octanol–water partition coefficient (Wildman–Crippen LogP) is 5.56. The van der Waals surface area contributed by atoms with Gasteiger partial charge in [-0.1, -0.05) is 53.8 Å². The normalized spacial score (nSPS) is 10.7. The van der Waals surface area contributed by atoms with Gasteiger partial charge in [0.15, 0.2) is 10.9 Å². The van der Waals surface area contributed by atoms with Crippen LogP contribution in [0, 0.1) is 0 Å². The highest BCUT2D eigenvalue weighted by molar-refractivity contribution is 7.22. The Labute approximate surface area is 215 Å². The number of rotatable bonds is 9. The number of fused-ring (bicyclic) bond motifs is 1. The Hall–Kier alpha value is -3.26. The minimum Gasteiger partial charge on any atom is -0.494 e. The van der Waals surface area contributed by atoms with Gasteiger partial charge in [0, 0.05) is 29.8 Å². The van der Waals surface area contributed by atoms with Gasteiger partial charge < -0.3 is 9.64 Å². The average Bonchev–Trinajstić information content (AvgIpc) is 3.27. The van der Waals surface area contributed by atoms with Gasteiger partial charge in [0.05, 0.1) is 16.8 Å².